The third-order valence-corrected chi connectivity index (χ3v) is 2.93. The van der Waals surface area contributed by atoms with Gasteiger partial charge in [0.1, 0.15) is 5.15 Å². The maximum Gasteiger partial charge on any atom is 0.258 e. The number of carbonyl (C=O) groups excluding carboxylic acids is 1. The molecule has 0 aliphatic heterocycles. The number of aryl methyl sites for hydroxylation is 2. The molecule has 1 amide bonds. The molecule has 0 aliphatic rings. The lowest BCUT2D eigenvalue weighted by molar-refractivity contribution is 0.102. The number of benzene rings is 1. The molecule has 0 unspecified atom stereocenters. The van der Waals surface area contributed by atoms with Crippen molar-refractivity contribution in [1.29, 1.82) is 0 Å². The van der Waals surface area contributed by atoms with Gasteiger partial charge in [-0.2, -0.15) is 4.98 Å². The third kappa shape index (κ3) is 3.24. The number of methoxy groups -OCH3 is 1. The fourth-order valence-electron chi connectivity index (χ4n) is 1.79. The maximum absolute atomic E-state index is 12.2. The fraction of sp³-hybridized carbons (Fsp3) is 0.214. The van der Waals surface area contributed by atoms with E-state index in [1.807, 2.05) is 26.0 Å². The molecule has 20 heavy (non-hydrogen) atoms. The summed E-state index contributed by atoms with van der Waals surface area (Å²) in [5.41, 5.74) is 2.55. The van der Waals surface area contributed by atoms with E-state index in [0.29, 0.717) is 11.4 Å². The monoisotopic (exact) mass is 291 g/mol. The average molecular weight is 292 g/mol. The lowest BCUT2D eigenvalue weighted by atomic mass is 10.1. The van der Waals surface area contributed by atoms with Gasteiger partial charge in [0.2, 0.25) is 11.8 Å². The van der Waals surface area contributed by atoms with Crippen molar-refractivity contribution in [2.45, 2.75) is 13.8 Å². The average Bonchev–Trinajstić information content (AvgIpc) is 2.37. The molecule has 2 rings (SSSR count). The van der Waals surface area contributed by atoms with Gasteiger partial charge in [-0.25, -0.2) is 4.98 Å². The van der Waals surface area contributed by atoms with Crippen molar-refractivity contribution in [1.82, 2.24) is 9.97 Å². The minimum atomic E-state index is -0.285. The van der Waals surface area contributed by atoms with E-state index in [9.17, 15) is 4.79 Å². The van der Waals surface area contributed by atoms with Crippen molar-refractivity contribution >= 4 is 23.5 Å². The number of nitrogens with one attached hydrogen (secondary N) is 1. The zero-order valence-electron chi connectivity index (χ0n) is 11.4. The molecule has 0 saturated carbocycles. The normalized spacial score (nSPS) is 10.2. The summed E-state index contributed by atoms with van der Waals surface area (Å²) in [7, 11) is 1.47. The van der Waals surface area contributed by atoms with E-state index in [1.54, 1.807) is 6.07 Å². The van der Waals surface area contributed by atoms with Crippen molar-refractivity contribution in [2.75, 3.05) is 12.4 Å². The number of hydrogen-bond donors (Lipinski definition) is 1. The molecule has 0 fully saturated rings. The topological polar surface area (TPSA) is 64.1 Å². The zero-order valence-corrected chi connectivity index (χ0v) is 12.2. The SMILES string of the molecule is COc1cc(Cl)nc(NC(=O)c2ccc(C)cc2C)n1. The van der Waals surface area contributed by atoms with Crippen LogP contribution in [0, 0.1) is 13.8 Å². The minimum Gasteiger partial charge on any atom is -0.481 e. The molecule has 0 bridgehead atoms. The summed E-state index contributed by atoms with van der Waals surface area (Å²) >= 11 is 5.83. The third-order valence-electron chi connectivity index (χ3n) is 2.73. The summed E-state index contributed by atoms with van der Waals surface area (Å²) in [6, 6.07) is 7.05. The van der Waals surface area contributed by atoms with Gasteiger partial charge in [-0.15, -0.1) is 0 Å². The van der Waals surface area contributed by atoms with E-state index in [2.05, 4.69) is 15.3 Å². The van der Waals surface area contributed by atoms with Crippen LogP contribution in [-0.2, 0) is 0 Å². The van der Waals surface area contributed by atoms with E-state index in [1.165, 1.54) is 13.2 Å². The number of nitrogens with zero attached hydrogens (tertiary/aromatic N) is 2. The summed E-state index contributed by atoms with van der Waals surface area (Å²) in [5, 5.41) is 2.81. The predicted octanol–water partition coefficient (Wildman–Crippen LogP) is 3.01. The molecule has 0 saturated heterocycles. The Morgan fingerprint density at radius 3 is 2.65 bits per heavy atom. The minimum absolute atomic E-state index is 0.110. The first-order valence-electron chi connectivity index (χ1n) is 5.97. The van der Waals surface area contributed by atoms with Crippen LogP contribution in [-0.4, -0.2) is 23.0 Å². The Labute approximate surface area is 122 Å². The number of carbonyl (C=O) groups is 1. The van der Waals surface area contributed by atoms with E-state index < -0.39 is 0 Å². The van der Waals surface area contributed by atoms with Gasteiger partial charge in [0.15, 0.2) is 0 Å². The van der Waals surface area contributed by atoms with Crippen LogP contribution < -0.4 is 10.1 Å². The van der Waals surface area contributed by atoms with Crippen LogP contribution in [0.5, 0.6) is 5.88 Å². The Bertz CT molecular complexity index is 659. The molecule has 0 spiro atoms. The lowest BCUT2D eigenvalue weighted by Gasteiger charge is -2.08. The van der Waals surface area contributed by atoms with Crippen LogP contribution in [0.4, 0.5) is 5.95 Å². The molecule has 0 radical (unpaired) electrons. The summed E-state index contributed by atoms with van der Waals surface area (Å²) in [6.07, 6.45) is 0. The Morgan fingerprint density at radius 1 is 1.25 bits per heavy atom. The molecule has 1 aromatic heterocycles. The van der Waals surface area contributed by atoms with Crippen LogP contribution in [0.3, 0.4) is 0 Å². The maximum atomic E-state index is 12.2. The first-order valence-corrected chi connectivity index (χ1v) is 6.34. The summed E-state index contributed by atoms with van der Waals surface area (Å²) in [5.74, 6) is 0.118. The van der Waals surface area contributed by atoms with Gasteiger partial charge in [0, 0.05) is 11.6 Å². The van der Waals surface area contributed by atoms with E-state index in [-0.39, 0.29) is 17.0 Å². The summed E-state index contributed by atoms with van der Waals surface area (Å²) < 4.78 is 4.98. The lowest BCUT2D eigenvalue weighted by Crippen LogP contribution is -2.15. The second-order valence-corrected chi connectivity index (χ2v) is 4.72. The second kappa shape index (κ2) is 5.88. The largest absolute Gasteiger partial charge is 0.481 e. The Hall–Kier alpha value is -2.14. The van der Waals surface area contributed by atoms with Crippen LogP contribution in [0.25, 0.3) is 0 Å². The smallest absolute Gasteiger partial charge is 0.258 e. The first kappa shape index (κ1) is 14.3. The van der Waals surface area contributed by atoms with Crippen LogP contribution >= 0.6 is 11.6 Å². The van der Waals surface area contributed by atoms with Gasteiger partial charge in [-0.05, 0) is 25.5 Å². The van der Waals surface area contributed by atoms with Crippen molar-refractivity contribution in [3.8, 4) is 5.88 Å². The molecule has 0 aliphatic carbocycles. The number of anilines is 1. The number of hydrogen-bond acceptors (Lipinski definition) is 4. The molecule has 0 atom stereocenters. The summed E-state index contributed by atoms with van der Waals surface area (Å²) in [6.45, 7) is 3.85. The second-order valence-electron chi connectivity index (χ2n) is 4.33. The first-order chi connectivity index (χ1) is 9.49. The van der Waals surface area contributed by atoms with Gasteiger partial charge in [0.25, 0.3) is 5.91 Å². The Balaban J connectivity index is 2.25. The summed E-state index contributed by atoms with van der Waals surface area (Å²) in [4.78, 5) is 20.1. The van der Waals surface area contributed by atoms with E-state index >= 15 is 0 Å². The molecule has 104 valence electrons. The molecule has 1 aromatic carbocycles. The number of rotatable bonds is 3. The number of amides is 1. The molecule has 6 heteroatoms. The number of aromatic nitrogens is 2. The molecule has 2 aromatic rings. The quantitative estimate of drug-likeness (QED) is 0.883. The van der Waals surface area contributed by atoms with Gasteiger partial charge >= 0.3 is 0 Å². The molecular formula is C14H14ClN3O2. The highest BCUT2D eigenvalue weighted by Gasteiger charge is 2.12. The molecular weight excluding hydrogens is 278 g/mol. The van der Waals surface area contributed by atoms with E-state index in [4.69, 9.17) is 16.3 Å². The van der Waals surface area contributed by atoms with Crippen molar-refractivity contribution in [3.63, 3.8) is 0 Å². The van der Waals surface area contributed by atoms with Gasteiger partial charge < -0.3 is 4.74 Å². The Kier molecular flexibility index (Phi) is 4.20. The zero-order chi connectivity index (χ0) is 14.7. The fourth-order valence-corrected chi connectivity index (χ4v) is 1.97. The van der Waals surface area contributed by atoms with Crippen molar-refractivity contribution in [3.05, 3.63) is 46.1 Å². The van der Waals surface area contributed by atoms with Crippen LogP contribution in [0.2, 0.25) is 5.15 Å². The molecule has 5 nitrogen and oxygen atoms in total. The van der Waals surface area contributed by atoms with Crippen LogP contribution in [0.15, 0.2) is 24.3 Å². The number of ether oxygens (including phenoxy) is 1. The Morgan fingerprint density at radius 2 is 2.00 bits per heavy atom. The van der Waals surface area contributed by atoms with Gasteiger partial charge in [-0.3, -0.25) is 10.1 Å². The van der Waals surface area contributed by atoms with Crippen molar-refractivity contribution in [2.24, 2.45) is 0 Å². The highest BCUT2D eigenvalue weighted by Crippen LogP contribution is 2.17. The standard InChI is InChI=1S/C14H14ClN3O2/c1-8-4-5-10(9(2)6-8)13(19)18-14-16-11(15)7-12(17-14)20-3/h4-7H,1-3H3,(H,16,17,18,19). The molecule has 1 heterocycles. The number of halogens is 1. The van der Waals surface area contributed by atoms with Gasteiger partial charge in [0.05, 0.1) is 7.11 Å². The van der Waals surface area contributed by atoms with E-state index in [0.717, 1.165) is 11.1 Å². The highest BCUT2D eigenvalue weighted by molar-refractivity contribution is 6.29. The highest BCUT2D eigenvalue weighted by atomic mass is 35.5. The van der Waals surface area contributed by atoms with Gasteiger partial charge in [-0.1, -0.05) is 29.3 Å². The van der Waals surface area contributed by atoms with Crippen LogP contribution in [0.1, 0.15) is 21.5 Å². The predicted molar refractivity (Wildman–Crippen MR) is 77.5 cm³/mol. The van der Waals surface area contributed by atoms with Crippen molar-refractivity contribution < 1.29 is 9.53 Å². The molecule has 1 N–H and O–H groups in total.